The lowest BCUT2D eigenvalue weighted by Gasteiger charge is -2.17. The highest BCUT2D eigenvalue weighted by Gasteiger charge is 2.24. The molecule has 4 aromatic rings. The van der Waals surface area contributed by atoms with Crippen LogP contribution in [0.5, 0.6) is 0 Å². The topological polar surface area (TPSA) is 86.9 Å². The molecule has 4 heterocycles. The van der Waals surface area contributed by atoms with Crippen LogP contribution in [-0.2, 0) is 25.1 Å². The lowest BCUT2D eigenvalue weighted by molar-refractivity contribution is 0.390. The van der Waals surface area contributed by atoms with Gasteiger partial charge in [0, 0.05) is 11.4 Å². The van der Waals surface area contributed by atoms with Gasteiger partial charge in [0.25, 0.3) is 5.56 Å². The van der Waals surface area contributed by atoms with Gasteiger partial charge in [-0.1, -0.05) is 29.9 Å². The molecule has 5 rings (SSSR count). The minimum atomic E-state index is 0.0104. The highest BCUT2D eigenvalue weighted by molar-refractivity contribution is 7.98. The lowest BCUT2D eigenvalue weighted by Crippen LogP contribution is -2.23. The molecule has 1 aliphatic rings. The maximum atomic E-state index is 13.3. The van der Waals surface area contributed by atoms with Crippen LogP contribution in [0.4, 0.5) is 0 Å². The van der Waals surface area contributed by atoms with Crippen molar-refractivity contribution in [1.82, 2.24) is 19.7 Å². The first-order chi connectivity index (χ1) is 14.6. The first-order valence-electron chi connectivity index (χ1n) is 9.79. The van der Waals surface area contributed by atoms with E-state index in [1.54, 1.807) is 40.4 Å². The van der Waals surface area contributed by atoms with Crippen molar-refractivity contribution in [2.24, 2.45) is 5.92 Å². The van der Waals surface area contributed by atoms with Crippen molar-refractivity contribution in [3.05, 3.63) is 57.7 Å². The number of allylic oxidation sites excluding steroid dienone is 1. The maximum Gasteiger partial charge on any atom is 0.263 e. The summed E-state index contributed by atoms with van der Waals surface area (Å²) >= 11 is 3.07. The Morgan fingerprint density at radius 3 is 3.13 bits per heavy atom. The van der Waals surface area contributed by atoms with Crippen LogP contribution in [0.2, 0.25) is 0 Å². The van der Waals surface area contributed by atoms with Gasteiger partial charge < -0.3 is 8.94 Å². The van der Waals surface area contributed by atoms with Crippen LogP contribution >= 0.6 is 23.1 Å². The SMILES string of the molecule is C=CCn1c(SCc2nc(-c3ccco3)no2)nc2sc3c(c2c1=O)CC[C@@H](C)C3. The molecule has 0 amide bonds. The molecular formula is C21H20N4O3S2. The number of rotatable bonds is 6. The summed E-state index contributed by atoms with van der Waals surface area (Å²) in [6.45, 7) is 6.48. The quantitative estimate of drug-likeness (QED) is 0.244. The number of aryl methyl sites for hydroxylation is 1. The monoisotopic (exact) mass is 440 g/mol. The fourth-order valence-electron chi connectivity index (χ4n) is 3.75. The molecule has 0 spiro atoms. The van der Waals surface area contributed by atoms with Crippen molar-refractivity contribution < 1.29 is 8.94 Å². The first kappa shape index (κ1) is 19.3. The zero-order chi connectivity index (χ0) is 20.7. The Morgan fingerprint density at radius 2 is 2.33 bits per heavy atom. The predicted molar refractivity (Wildman–Crippen MR) is 117 cm³/mol. The third-order valence-electron chi connectivity index (χ3n) is 5.23. The van der Waals surface area contributed by atoms with Crippen LogP contribution in [0.1, 0.15) is 29.7 Å². The van der Waals surface area contributed by atoms with Gasteiger partial charge in [0.2, 0.25) is 11.7 Å². The van der Waals surface area contributed by atoms with Crippen LogP contribution in [-0.4, -0.2) is 19.7 Å². The molecule has 0 radical (unpaired) electrons. The Labute approximate surface area is 180 Å². The summed E-state index contributed by atoms with van der Waals surface area (Å²) in [6, 6.07) is 3.55. The van der Waals surface area contributed by atoms with Gasteiger partial charge in [-0.05, 0) is 42.9 Å². The molecule has 1 atom stereocenters. The normalized spacial score (nSPS) is 16.1. The van der Waals surface area contributed by atoms with E-state index in [1.165, 1.54) is 22.2 Å². The van der Waals surface area contributed by atoms with Crippen LogP contribution in [0.15, 0.2) is 49.9 Å². The van der Waals surface area contributed by atoms with Crippen LogP contribution in [0, 0.1) is 5.92 Å². The minimum absolute atomic E-state index is 0.0104. The van der Waals surface area contributed by atoms with Gasteiger partial charge in [0.1, 0.15) is 4.83 Å². The number of thioether (sulfide) groups is 1. The van der Waals surface area contributed by atoms with E-state index < -0.39 is 0 Å². The summed E-state index contributed by atoms with van der Waals surface area (Å²) in [6.07, 6.45) is 6.38. The van der Waals surface area contributed by atoms with Gasteiger partial charge in [-0.15, -0.1) is 17.9 Å². The molecule has 0 fully saturated rings. The van der Waals surface area contributed by atoms with Crippen LogP contribution in [0.3, 0.4) is 0 Å². The molecule has 0 unspecified atom stereocenters. The minimum Gasteiger partial charge on any atom is -0.461 e. The third kappa shape index (κ3) is 3.41. The Kier molecular flexibility index (Phi) is 5.08. The van der Waals surface area contributed by atoms with E-state index in [4.69, 9.17) is 13.9 Å². The van der Waals surface area contributed by atoms with Gasteiger partial charge in [-0.3, -0.25) is 9.36 Å². The molecule has 154 valence electrons. The first-order valence-corrected chi connectivity index (χ1v) is 11.6. The third-order valence-corrected chi connectivity index (χ3v) is 7.34. The Morgan fingerprint density at radius 1 is 1.43 bits per heavy atom. The summed E-state index contributed by atoms with van der Waals surface area (Å²) in [4.78, 5) is 24.7. The zero-order valence-electron chi connectivity index (χ0n) is 16.5. The molecule has 0 saturated carbocycles. The number of nitrogens with zero attached hydrogens (tertiary/aromatic N) is 4. The highest BCUT2D eigenvalue weighted by Crippen LogP contribution is 2.36. The summed E-state index contributed by atoms with van der Waals surface area (Å²) in [5.41, 5.74) is 1.20. The molecule has 4 aromatic heterocycles. The van der Waals surface area contributed by atoms with E-state index in [0.717, 1.165) is 29.5 Å². The number of hydrogen-bond acceptors (Lipinski definition) is 8. The van der Waals surface area contributed by atoms with Crippen molar-refractivity contribution in [2.75, 3.05) is 0 Å². The molecule has 0 saturated heterocycles. The predicted octanol–water partition coefficient (Wildman–Crippen LogP) is 4.70. The van der Waals surface area contributed by atoms with Crippen molar-refractivity contribution in [1.29, 1.82) is 0 Å². The number of hydrogen-bond donors (Lipinski definition) is 0. The Bertz CT molecular complexity index is 1270. The smallest absolute Gasteiger partial charge is 0.263 e. The second-order valence-electron chi connectivity index (χ2n) is 7.41. The number of furan rings is 1. The zero-order valence-corrected chi connectivity index (χ0v) is 18.1. The van der Waals surface area contributed by atoms with E-state index in [0.29, 0.717) is 40.8 Å². The van der Waals surface area contributed by atoms with Gasteiger partial charge in [0.15, 0.2) is 10.9 Å². The maximum absolute atomic E-state index is 13.3. The van der Waals surface area contributed by atoms with Gasteiger partial charge >= 0.3 is 0 Å². The second-order valence-corrected chi connectivity index (χ2v) is 9.43. The lowest BCUT2D eigenvalue weighted by atomic mass is 9.89. The largest absolute Gasteiger partial charge is 0.461 e. The molecule has 1 aliphatic carbocycles. The molecule has 30 heavy (non-hydrogen) atoms. The summed E-state index contributed by atoms with van der Waals surface area (Å²) < 4.78 is 12.3. The summed E-state index contributed by atoms with van der Waals surface area (Å²) in [5, 5.41) is 5.37. The van der Waals surface area contributed by atoms with Gasteiger partial charge in [-0.2, -0.15) is 4.98 Å². The molecular weight excluding hydrogens is 420 g/mol. The summed E-state index contributed by atoms with van der Waals surface area (Å²) in [5.74, 6) is 2.46. The molecule has 0 aromatic carbocycles. The van der Waals surface area contributed by atoms with E-state index in [1.807, 2.05) is 0 Å². The highest BCUT2D eigenvalue weighted by atomic mass is 32.2. The van der Waals surface area contributed by atoms with E-state index >= 15 is 0 Å². The molecule has 9 heteroatoms. The van der Waals surface area contributed by atoms with Crippen LogP contribution < -0.4 is 5.56 Å². The van der Waals surface area contributed by atoms with Crippen molar-refractivity contribution in [3.63, 3.8) is 0 Å². The van der Waals surface area contributed by atoms with E-state index in [2.05, 4.69) is 23.6 Å². The Hall–Kier alpha value is -2.65. The number of aromatic nitrogens is 4. The van der Waals surface area contributed by atoms with Crippen LogP contribution in [0.25, 0.3) is 21.8 Å². The molecule has 0 aliphatic heterocycles. The molecule has 0 bridgehead atoms. The Balaban J connectivity index is 1.48. The van der Waals surface area contributed by atoms with E-state index in [9.17, 15) is 4.79 Å². The fraction of sp³-hybridized carbons (Fsp3) is 0.333. The number of thiophene rings is 1. The van der Waals surface area contributed by atoms with Gasteiger partial charge in [0.05, 0.1) is 17.4 Å². The average molecular weight is 441 g/mol. The fourth-order valence-corrected chi connectivity index (χ4v) is 6.02. The second kappa shape index (κ2) is 7.88. The van der Waals surface area contributed by atoms with E-state index in [-0.39, 0.29) is 5.56 Å². The average Bonchev–Trinajstić information content (AvgIpc) is 3.47. The summed E-state index contributed by atoms with van der Waals surface area (Å²) in [7, 11) is 0. The van der Waals surface area contributed by atoms with Crippen molar-refractivity contribution in [3.8, 4) is 11.6 Å². The number of fused-ring (bicyclic) bond motifs is 3. The standard InChI is InChI=1S/C21H20N4O3S2/c1-3-8-25-20(26)17-13-7-6-12(2)10-15(13)30-19(17)23-21(25)29-11-16-22-18(24-28-16)14-5-4-9-27-14/h3-5,9,12H,1,6-8,10-11H2,2H3/t12-/m1/s1. The molecule has 0 N–H and O–H groups in total. The van der Waals surface area contributed by atoms with Crippen molar-refractivity contribution in [2.45, 2.75) is 43.6 Å². The molecule has 7 nitrogen and oxygen atoms in total. The van der Waals surface area contributed by atoms with Crippen molar-refractivity contribution >= 4 is 33.3 Å². The van der Waals surface area contributed by atoms with Gasteiger partial charge in [-0.25, -0.2) is 4.98 Å².